The standard InChI is InChI=1S/C16H12BrN5O2/c17-15-20-21-16(24-15)22-6-5-10-13(19-8-18-10)14(22)12-7-9-3-1-2-4-11(9)23-12/h1-4,7-8,14H,5-6H2,(H,18,19)/t14-/m1/s1. The van der Waals surface area contributed by atoms with Crippen LogP contribution in [0.4, 0.5) is 6.01 Å². The molecule has 0 saturated heterocycles. The number of fused-ring (bicyclic) bond motifs is 2. The van der Waals surface area contributed by atoms with Gasteiger partial charge >= 0.3 is 6.01 Å². The van der Waals surface area contributed by atoms with Gasteiger partial charge in [0.1, 0.15) is 17.4 Å². The van der Waals surface area contributed by atoms with Crippen molar-refractivity contribution in [3.05, 3.63) is 58.6 Å². The van der Waals surface area contributed by atoms with E-state index in [1.165, 1.54) is 0 Å². The second kappa shape index (κ2) is 5.20. The highest BCUT2D eigenvalue weighted by Gasteiger charge is 2.36. The quantitative estimate of drug-likeness (QED) is 0.568. The van der Waals surface area contributed by atoms with Gasteiger partial charge in [-0.3, -0.25) is 0 Å². The maximum absolute atomic E-state index is 6.10. The van der Waals surface area contributed by atoms with Crippen LogP contribution < -0.4 is 4.90 Å². The van der Waals surface area contributed by atoms with Crippen molar-refractivity contribution in [3.63, 3.8) is 0 Å². The Morgan fingerprint density at radius 3 is 2.96 bits per heavy atom. The summed E-state index contributed by atoms with van der Waals surface area (Å²) >= 11 is 3.22. The van der Waals surface area contributed by atoms with Crippen LogP contribution in [0.25, 0.3) is 11.0 Å². The molecule has 24 heavy (non-hydrogen) atoms. The lowest BCUT2D eigenvalue weighted by molar-refractivity contribution is 0.444. The number of hydrogen-bond acceptors (Lipinski definition) is 6. The van der Waals surface area contributed by atoms with Crippen LogP contribution in [0.1, 0.15) is 23.2 Å². The predicted octanol–water partition coefficient (Wildman–Crippen LogP) is 3.45. The fourth-order valence-electron chi connectivity index (χ4n) is 3.22. The minimum absolute atomic E-state index is 0.209. The van der Waals surface area contributed by atoms with Gasteiger partial charge in [0.25, 0.3) is 4.80 Å². The molecule has 5 rings (SSSR count). The van der Waals surface area contributed by atoms with Crippen molar-refractivity contribution in [2.24, 2.45) is 0 Å². The summed E-state index contributed by atoms with van der Waals surface area (Å²) in [5, 5.41) is 9.07. The summed E-state index contributed by atoms with van der Waals surface area (Å²) in [6.07, 6.45) is 2.54. The first-order valence-corrected chi connectivity index (χ1v) is 8.35. The zero-order valence-electron chi connectivity index (χ0n) is 12.4. The van der Waals surface area contributed by atoms with E-state index in [1.807, 2.05) is 35.2 Å². The summed E-state index contributed by atoms with van der Waals surface area (Å²) in [6, 6.07) is 10.2. The number of imidazole rings is 1. The Morgan fingerprint density at radius 2 is 2.12 bits per heavy atom. The molecule has 0 unspecified atom stereocenters. The van der Waals surface area contributed by atoms with Gasteiger partial charge in [-0.25, -0.2) is 4.98 Å². The van der Waals surface area contributed by atoms with Crippen molar-refractivity contribution in [3.8, 4) is 0 Å². The Hall–Kier alpha value is -2.61. The molecule has 120 valence electrons. The van der Waals surface area contributed by atoms with Crippen molar-refractivity contribution in [1.29, 1.82) is 0 Å². The van der Waals surface area contributed by atoms with Crippen LogP contribution in [0.5, 0.6) is 0 Å². The lowest BCUT2D eigenvalue weighted by Crippen LogP contribution is -2.36. The molecule has 0 saturated carbocycles. The Morgan fingerprint density at radius 1 is 1.21 bits per heavy atom. The molecule has 4 heterocycles. The van der Waals surface area contributed by atoms with Gasteiger partial charge in [0, 0.05) is 40.0 Å². The van der Waals surface area contributed by atoms with Gasteiger partial charge in [0.05, 0.1) is 12.0 Å². The molecule has 0 bridgehead atoms. The summed E-state index contributed by atoms with van der Waals surface area (Å²) in [7, 11) is 0. The number of aromatic nitrogens is 4. The lowest BCUT2D eigenvalue weighted by atomic mass is 10.0. The Balaban J connectivity index is 1.68. The maximum atomic E-state index is 6.10. The van der Waals surface area contributed by atoms with E-state index in [1.54, 1.807) is 6.33 Å². The second-order valence-electron chi connectivity index (χ2n) is 5.64. The van der Waals surface area contributed by atoms with Crippen molar-refractivity contribution in [2.75, 3.05) is 11.4 Å². The van der Waals surface area contributed by atoms with Crippen LogP contribution >= 0.6 is 15.9 Å². The smallest absolute Gasteiger partial charge is 0.319 e. The third-order valence-corrected chi connectivity index (χ3v) is 4.59. The molecule has 0 fully saturated rings. The van der Waals surface area contributed by atoms with Gasteiger partial charge in [0.2, 0.25) is 0 Å². The topological polar surface area (TPSA) is 84.0 Å². The highest BCUT2D eigenvalue weighted by molar-refractivity contribution is 9.10. The monoisotopic (exact) mass is 385 g/mol. The van der Waals surface area contributed by atoms with Crippen LogP contribution in [-0.2, 0) is 6.42 Å². The number of aromatic amines is 1. The van der Waals surface area contributed by atoms with E-state index in [4.69, 9.17) is 8.83 Å². The number of H-pyrrole nitrogens is 1. The van der Waals surface area contributed by atoms with Crippen molar-refractivity contribution >= 4 is 32.9 Å². The molecule has 1 atom stereocenters. The molecule has 1 aromatic carbocycles. The minimum Gasteiger partial charge on any atom is -0.458 e. The molecule has 0 aliphatic carbocycles. The molecule has 3 aromatic heterocycles. The Kier molecular flexibility index (Phi) is 2.99. The fourth-order valence-corrected chi connectivity index (χ4v) is 3.45. The van der Waals surface area contributed by atoms with Crippen LogP contribution in [0.15, 0.2) is 50.3 Å². The average molecular weight is 386 g/mol. The number of nitrogens with one attached hydrogen (secondary N) is 1. The molecule has 1 N–H and O–H groups in total. The molecule has 0 spiro atoms. The van der Waals surface area contributed by atoms with Gasteiger partial charge in [-0.15, -0.1) is 0 Å². The van der Waals surface area contributed by atoms with Crippen LogP contribution in [-0.4, -0.2) is 26.7 Å². The minimum atomic E-state index is -0.209. The normalized spacial score (nSPS) is 17.4. The molecule has 4 aromatic rings. The zero-order valence-corrected chi connectivity index (χ0v) is 14.0. The molecule has 7 nitrogen and oxygen atoms in total. The molecule has 1 aliphatic rings. The number of rotatable bonds is 2. The average Bonchev–Trinajstić information content (AvgIpc) is 3.32. The van der Waals surface area contributed by atoms with E-state index < -0.39 is 0 Å². The fraction of sp³-hybridized carbons (Fsp3) is 0.188. The highest BCUT2D eigenvalue weighted by atomic mass is 79.9. The third kappa shape index (κ3) is 2.06. The van der Waals surface area contributed by atoms with Crippen LogP contribution in [0.3, 0.4) is 0 Å². The lowest BCUT2D eigenvalue weighted by Gasteiger charge is -2.31. The first-order chi connectivity index (χ1) is 11.8. The van der Waals surface area contributed by atoms with E-state index in [9.17, 15) is 0 Å². The second-order valence-corrected chi connectivity index (χ2v) is 6.31. The van der Waals surface area contributed by atoms with E-state index >= 15 is 0 Å². The van der Waals surface area contributed by atoms with E-state index in [0.717, 1.165) is 41.1 Å². The molecule has 0 radical (unpaired) electrons. The van der Waals surface area contributed by atoms with Crippen molar-refractivity contribution < 1.29 is 8.83 Å². The number of anilines is 1. The number of benzene rings is 1. The van der Waals surface area contributed by atoms with Crippen LogP contribution in [0.2, 0.25) is 0 Å². The van der Waals surface area contributed by atoms with E-state index in [0.29, 0.717) is 10.8 Å². The first kappa shape index (κ1) is 13.8. The number of hydrogen-bond donors (Lipinski definition) is 1. The zero-order chi connectivity index (χ0) is 16.1. The summed E-state index contributed by atoms with van der Waals surface area (Å²) in [5.74, 6) is 0.804. The van der Waals surface area contributed by atoms with Crippen LogP contribution in [0, 0.1) is 0 Å². The summed E-state index contributed by atoms with van der Waals surface area (Å²) in [5.41, 5.74) is 2.88. The molecule has 8 heteroatoms. The van der Waals surface area contributed by atoms with Crippen molar-refractivity contribution in [2.45, 2.75) is 12.5 Å². The third-order valence-electron chi connectivity index (χ3n) is 4.27. The van der Waals surface area contributed by atoms with Gasteiger partial charge in [-0.1, -0.05) is 28.4 Å². The molecule has 0 amide bonds. The Bertz CT molecular complexity index is 987. The Labute approximate surface area is 144 Å². The summed E-state index contributed by atoms with van der Waals surface area (Å²) < 4.78 is 11.7. The van der Waals surface area contributed by atoms with E-state index in [-0.39, 0.29) is 6.04 Å². The molecular weight excluding hydrogens is 374 g/mol. The first-order valence-electron chi connectivity index (χ1n) is 7.56. The SMILES string of the molecule is Brc1nnc(N2CCc3[nH]cnc3[C@H]2c2cc3ccccc3o2)o1. The number of nitrogens with zero attached hydrogens (tertiary/aromatic N) is 4. The van der Waals surface area contributed by atoms with Gasteiger partial charge in [0.15, 0.2) is 0 Å². The number of furan rings is 1. The maximum Gasteiger partial charge on any atom is 0.319 e. The highest BCUT2D eigenvalue weighted by Crippen LogP contribution is 2.38. The van der Waals surface area contributed by atoms with Gasteiger partial charge < -0.3 is 18.7 Å². The van der Waals surface area contributed by atoms with Gasteiger partial charge in [-0.05, 0) is 12.1 Å². The predicted molar refractivity (Wildman–Crippen MR) is 89.7 cm³/mol. The summed E-state index contributed by atoms with van der Waals surface area (Å²) in [6.45, 7) is 0.728. The van der Waals surface area contributed by atoms with E-state index in [2.05, 4.69) is 36.1 Å². The van der Waals surface area contributed by atoms with Crippen molar-refractivity contribution in [1.82, 2.24) is 20.2 Å². The largest absolute Gasteiger partial charge is 0.458 e. The number of para-hydroxylation sites is 1. The summed E-state index contributed by atoms with van der Waals surface area (Å²) in [4.78, 5) is 10.1. The van der Waals surface area contributed by atoms with Gasteiger partial charge in [-0.2, -0.15) is 0 Å². The molecular formula is C16H12BrN5O2. The number of halogens is 1. The molecule has 1 aliphatic heterocycles.